The van der Waals surface area contributed by atoms with Gasteiger partial charge in [-0.15, -0.1) is 0 Å². The maximum atomic E-state index is 10.5. The topological polar surface area (TPSA) is 57.5 Å². The zero-order valence-electron chi connectivity index (χ0n) is 14.0. The Morgan fingerprint density at radius 1 is 1.18 bits per heavy atom. The number of unbranched alkanes of at least 4 members (excludes halogenated alkanes) is 4. The highest BCUT2D eigenvalue weighted by atomic mass is 16.4. The van der Waals surface area contributed by atoms with E-state index in [0.717, 1.165) is 51.4 Å². The van der Waals surface area contributed by atoms with Crippen molar-refractivity contribution in [1.82, 2.24) is 0 Å². The highest BCUT2D eigenvalue weighted by molar-refractivity contribution is 5.66. The Morgan fingerprint density at radius 3 is 2.55 bits per heavy atom. The van der Waals surface area contributed by atoms with Gasteiger partial charge in [0.05, 0.1) is 6.10 Å². The lowest BCUT2D eigenvalue weighted by atomic mass is 9.79. The smallest absolute Gasteiger partial charge is 0.303 e. The minimum Gasteiger partial charge on any atom is -0.481 e. The summed E-state index contributed by atoms with van der Waals surface area (Å²) in [5.74, 6) is -0.702. The van der Waals surface area contributed by atoms with Gasteiger partial charge in [-0.2, -0.15) is 0 Å². The van der Waals surface area contributed by atoms with Gasteiger partial charge in [-0.1, -0.05) is 63.3 Å². The Labute approximate surface area is 135 Å². The molecular formula is C19H32O3. The third kappa shape index (κ3) is 7.79. The Balaban J connectivity index is 2.34. The van der Waals surface area contributed by atoms with Crippen LogP contribution in [0.3, 0.4) is 0 Å². The van der Waals surface area contributed by atoms with E-state index in [1.54, 1.807) is 0 Å². The third-order valence-electron chi connectivity index (χ3n) is 4.56. The van der Waals surface area contributed by atoms with Gasteiger partial charge in [0.25, 0.3) is 0 Å². The Kier molecular flexibility index (Phi) is 9.14. The molecule has 0 radical (unpaired) electrons. The van der Waals surface area contributed by atoms with Crippen LogP contribution in [0.25, 0.3) is 0 Å². The minimum atomic E-state index is -0.702. The second-order valence-corrected chi connectivity index (χ2v) is 6.62. The van der Waals surface area contributed by atoms with Crippen LogP contribution in [0.1, 0.15) is 77.6 Å². The van der Waals surface area contributed by atoms with Crippen LogP contribution in [0.4, 0.5) is 0 Å². The first-order valence-corrected chi connectivity index (χ1v) is 8.82. The highest BCUT2D eigenvalue weighted by Crippen LogP contribution is 2.40. The minimum absolute atomic E-state index is 0.162. The fraction of sp³-hybridized carbons (Fsp3) is 0.737. The molecule has 0 saturated heterocycles. The molecule has 0 aliphatic heterocycles. The van der Waals surface area contributed by atoms with E-state index in [1.807, 2.05) is 6.08 Å². The van der Waals surface area contributed by atoms with Gasteiger partial charge in [0.2, 0.25) is 0 Å². The van der Waals surface area contributed by atoms with Gasteiger partial charge >= 0.3 is 5.97 Å². The molecule has 22 heavy (non-hydrogen) atoms. The quantitative estimate of drug-likeness (QED) is 0.400. The van der Waals surface area contributed by atoms with Crippen LogP contribution in [-0.2, 0) is 4.79 Å². The van der Waals surface area contributed by atoms with E-state index < -0.39 is 5.97 Å². The molecule has 0 amide bonds. The number of carboxylic acid groups (broad SMARTS) is 1. The summed E-state index contributed by atoms with van der Waals surface area (Å²) in [7, 11) is 0. The number of hydrogen-bond donors (Lipinski definition) is 2. The third-order valence-corrected chi connectivity index (χ3v) is 4.56. The van der Waals surface area contributed by atoms with Gasteiger partial charge in [0.15, 0.2) is 0 Å². The number of aliphatic hydroxyl groups excluding tert-OH is 1. The summed E-state index contributed by atoms with van der Waals surface area (Å²) in [5, 5.41) is 18.7. The monoisotopic (exact) mass is 308 g/mol. The summed E-state index contributed by atoms with van der Waals surface area (Å²) in [6, 6.07) is 0. The zero-order valence-corrected chi connectivity index (χ0v) is 14.0. The summed E-state index contributed by atoms with van der Waals surface area (Å²) in [6.07, 6.45) is 18.9. The summed E-state index contributed by atoms with van der Waals surface area (Å²) in [4.78, 5) is 10.5. The number of rotatable bonds is 12. The number of carbonyl (C=O) groups is 1. The summed E-state index contributed by atoms with van der Waals surface area (Å²) in [5.41, 5.74) is 0.162. The maximum absolute atomic E-state index is 10.5. The molecule has 0 aromatic heterocycles. The highest BCUT2D eigenvalue weighted by Gasteiger charge is 2.27. The molecular weight excluding hydrogens is 276 g/mol. The lowest BCUT2D eigenvalue weighted by Crippen LogP contribution is -2.15. The lowest BCUT2D eigenvalue weighted by molar-refractivity contribution is -0.137. The van der Waals surface area contributed by atoms with Crippen LogP contribution in [0.15, 0.2) is 24.3 Å². The molecule has 1 aliphatic rings. The molecule has 1 aliphatic carbocycles. The molecule has 1 unspecified atom stereocenters. The molecule has 1 atom stereocenters. The first kappa shape index (κ1) is 19.0. The van der Waals surface area contributed by atoms with Gasteiger partial charge in [-0.3, -0.25) is 4.79 Å². The Hall–Kier alpha value is -1.09. The number of aliphatic carboxylic acids is 1. The molecule has 0 fully saturated rings. The molecule has 2 N–H and O–H groups in total. The van der Waals surface area contributed by atoms with Crippen molar-refractivity contribution in [2.24, 2.45) is 5.41 Å². The van der Waals surface area contributed by atoms with Crippen molar-refractivity contribution >= 4 is 5.97 Å². The molecule has 0 bridgehead atoms. The van der Waals surface area contributed by atoms with Gasteiger partial charge in [0.1, 0.15) is 0 Å². The van der Waals surface area contributed by atoms with Crippen LogP contribution in [0, 0.1) is 5.41 Å². The second kappa shape index (κ2) is 10.6. The van der Waals surface area contributed by atoms with Crippen LogP contribution in [0.5, 0.6) is 0 Å². The molecule has 126 valence electrons. The average molecular weight is 308 g/mol. The maximum Gasteiger partial charge on any atom is 0.303 e. The summed E-state index contributed by atoms with van der Waals surface area (Å²) < 4.78 is 0. The van der Waals surface area contributed by atoms with Crippen molar-refractivity contribution in [2.75, 3.05) is 0 Å². The van der Waals surface area contributed by atoms with Crippen molar-refractivity contribution in [3.05, 3.63) is 24.3 Å². The lowest BCUT2D eigenvalue weighted by Gasteiger charge is -2.25. The first-order valence-electron chi connectivity index (χ1n) is 8.82. The molecule has 0 aromatic carbocycles. The van der Waals surface area contributed by atoms with E-state index in [9.17, 15) is 9.90 Å². The standard InChI is InChI=1S/C19H32O3/c1-2-3-5-10-17(20)12-16-19(14-8-9-15-19)13-7-4-6-11-18(21)22/h8-9,12,16-17,20H,2-7,10-11,13-15H2,1H3,(H,21,22). The first-order chi connectivity index (χ1) is 10.6. The number of hydrogen-bond acceptors (Lipinski definition) is 2. The van der Waals surface area contributed by atoms with Crippen LogP contribution < -0.4 is 0 Å². The van der Waals surface area contributed by atoms with Crippen molar-refractivity contribution in [2.45, 2.75) is 83.7 Å². The SMILES string of the molecule is CCCCCC(O)C=CC1(CCCCCC(=O)O)CC=CC1. The molecule has 3 nitrogen and oxygen atoms in total. The number of allylic oxidation sites excluding steroid dienone is 3. The van der Waals surface area contributed by atoms with Gasteiger partial charge in [0, 0.05) is 6.42 Å². The fourth-order valence-corrected chi connectivity index (χ4v) is 3.09. The predicted molar refractivity (Wildman–Crippen MR) is 90.8 cm³/mol. The van der Waals surface area contributed by atoms with Crippen LogP contribution >= 0.6 is 0 Å². The van der Waals surface area contributed by atoms with Crippen molar-refractivity contribution < 1.29 is 15.0 Å². The average Bonchev–Trinajstić information content (AvgIpc) is 2.94. The molecule has 0 aromatic rings. The van der Waals surface area contributed by atoms with Crippen molar-refractivity contribution in [1.29, 1.82) is 0 Å². The van der Waals surface area contributed by atoms with E-state index in [-0.39, 0.29) is 17.9 Å². The zero-order chi connectivity index (χ0) is 16.3. The van der Waals surface area contributed by atoms with Gasteiger partial charge < -0.3 is 10.2 Å². The van der Waals surface area contributed by atoms with E-state index in [0.29, 0.717) is 0 Å². The predicted octanol–water partition coefficient (Wildman–Crippen LogP) is 4.86. The van der Waals surface area contributed by atoms with Crippen LogP contribution in [-0.4, -0.2) is 22.3 Å². The van der Waals surface area contributed by atoms with Gasteiger partial charge in [-0.05, 0) is 37.5 Å². The van der Waals surface area contributed by atoms with E-state index in [4.69, 9.17) is 5.11 Å². The molecule has 0 spiro atoms. The fourth-order valence-electron chi connectivity index (χ4n) is 3.09. The largest absolute Gasteiger partial charge is 0.481 e. The molecule has 0 heterocycles. The Morgan fingerprint density at radius 2 is 1.91 bits per heavy atom. The summed E-state index contributed by atoms with van der Waals surface area (Å²) >= 11 is 0. The van der Waals surface area contributed by atoms with Crippen molar-refractivity contribution in [3.63, 3.8) is 0 Å². The molecule has 0 saturated carbocycles. The number of aliphatic hydroxyl groups is 1. The van der Waals surface area contributed by atoms with E-state index in [2.05, 4.69) is 25.2 Å². The van der Waals surface area contributed by atoms with Gasteiger partial charge in [-0.25, -0.2) is 0 Å². The van der Waals surface area contributed by atoms with E-state index >= 15 is 0 Å². The molecule has 1 rings (SSSR count). The molecule has 3 heteroatoms. The van der Waals surface area contributed by atoms with Crippen LogP contribution in [0.2, 0.25) is 0 Å². The summed E-state index contributed by atoms with van der Waals surface area (Å²) in [6.45, 7) is 2.17. The van der Waals surface area contributed by atoms with Crippen molar-refractivity contribution in [3.8, 4) is 0 Å². The second-order valence-electron chi connectivity index (χ2n) is 6.62. The normalized spacial score (nSPS) is 18.1. The number of carboxylic acids is 1. The Bertz CT molecular complexity index is 363. The van der Waals surface area contributed by atoms with E-state index in [1.165, 1.54) is 12.8 Å².